The average molecular weight is 348 g/mol. The molecule has 0 spiro atoms. The van der Waals surface area contributed by atoms with Gasteiger partial charge in [-0.3, -0.25) is 0 Å². The quantitative estimate of drug-likeness (QED) is 0.824. The van der Waals surface area contributed by atoms with Gasteiger partial charge >= 0.3 is 0 Å². The first-order valence-corrected chi connectivity index (χ1v) is 10.2. The molecule has 0 aromatic heterocycles. The number of hydrogen-bond donors (Lipinski definition) is 1. The summed E-state index contributed by atoms with van der Waals surface area (Å²) in [6.07, 6.45) is 7.12. The summed E-state index contributed by atoms with van der Waals surface area (Å²) < 4.78 is 31.9. The predicted molar refractivity (Wildman–Crippen MR) is 92.0 cm³/mol. The fraction of sp³-hybridized carbons (Fsp3) is 0.556. The van der Waals surface area contributed by atoms with Crippen molar-refractivity contribution in [1.29, 1.82) is 0 Å². The van der Waals surface area contributed by atoms with E-state index in [9.17, 15) is 8.42 Å². The summed E-state index contributed by atoms with van der Waals surface area (Å²) in [5.41, 5.74) is 1.13. The van der Waals surface area contributed by atoms with Gasteiger partial charge in [0.15, 0.2) is 0 Å². The predicted octanol–water partition coefficient (Wildman–Crippen LogP) is 1.76. The zero-order valence-electron chi connectivity index (χ0n) is 13.7. The molecule has 4 rings (SSSR count). The number of allylic oxidation sites excluding steroid dienone is 1. The number of ether oxygens (including phenoxy) is 1. The lowest BCUT2D eigenvalue weighted by molar-refractivity contribution is 0.0730. The molecule has 1 heterocycles. The molecule has 2 aliphatic carbocycles. The second-order valence-corrected chi connectivity index (χ2v) is 8.82. The zero-order valence-corrected chi connectivity index (χ0v) is 14.5. The van der Waals surface area contributed by atoms with Crippen molar-refractivity contribution in [2.75, 3.05) is 26.3 Å². The van der Waals surface area contributed by atoms with Crippen LogP contribution in [0.3, 0.4) is 0 Å². The first kappa shape index (κ1) is 16.3. The van der Waals surface area contributed by atoms with Crippen LogP contribution >= 0.6 is 0 Å². The van der Waals surface area contributed by atoms with Crippen molar-refractivity contribution in [1.82, 2.24) is 9.62 Å². The molecule has 1 aliphatic heterocycles. The Labute approximate surface area is 143 Å². The zero-order chi connectivity index (χ0) is 16.6. The molecule has 0 unspecified atom stereocenters. The van der Waals surface area contributed by atoms with Crippen LogP contribution in [0.5, 0.6) is 0 Å². The van der Waals surface area contributed by atoms with E-state index in [1.807, 2.05) is 12.1 Å². The first-order valence-electron chi connectivity index (χ1n) is 8.71. The Bertz CT molecular complexity index is 708. The van der Waals surface area contributed by atoms with Crippen LogP contribution in [0.1, 0.15) is 18.4 Å². The molecule has 1 aromatic rings. The number of nitrogens with one attached hydrogen (secondary N) is 1. The van der Waals surface area contributed by atoms with E-state index in [0.717, 1.165) is 18.0 Å². The highest BCUT2D eigenvalue weighted by atomic mass is 32.2. The summed E-state index contributed by atoms with van der Waals surface area (Å²) >= 11 is 0. The highest BCUT2D eigenvalue weighted by Gasteiger charge is 2.40. The lowest BCUT2D eigenvalue weighted by atomic mass is 9.71. The molecular formula is C18H24N2O3S. The molecular weight excluding hydrogens is 324 g/mol. The number of fused-ring (bicyclic) bond motifs is 1. The van der Waals surface area contributed by atoms with Crippen LogP contribution in [-0.4, -0.2) is 45.1 Å². The topological polar surface area (TPSA) is 58.6 Å². The van der Waals surface area contributed by atoms with Crippen LogP contribution in [-0.2, 0) is 21.3 Å². The third-order valence-corrected chi connectivity index (χ3v) is 7.38. The van der Waals surface area contributed by atoms with Gasteiger partial charge in [-0.15, -0.1) is 0 Å². The average Bonchev–Trinajstić information content (AvgIpc) is 2.97. The van der Waals surface area contributed by atoms with Crippen molar-refractivity contribution in [3.8, 4) is 0 Å². The summed E-state index contributed by atoms with van der Waals surface area (Å²) in [7, 11) is -3.39. The van der Waals surface area contributed by atoms with Gasteiger partial charge < -0.3 is 10.1 Å². The van der Waals surface area contributed by atoms with Crippen LogP contribution in [0, 0.1) is 11.8 Å². The Morgan fingerprint density at radius 3 is 2.62 bits per heavy atom. The Morgan fingerprint density at radius 2 is 1.92 bits per heavy atom. The minimum Gasteiger partial charge on any atom is -0.379 e. The van der Waals surface area contributed by atoms with Crippen molar-refractivity contribution in [2.24, 2.45) is 11.8 Å². The maximum absolute atomic E-state index is 12.6. The molecule has 3 aliphatic rings. The van der Waals surface area contributed by atoms with Crippen molar-refractivity contribution in [3.63, 3.8) is 0 Å². The lowest BCUT2D eigenvalue weighted by Gasteiger charge is -2.40. The molecule has 24 heavy (non-hydrogen) atoms. The van der Waals surface area contributed by atoms with E-state index in [-0.39, 0.29) is 0 Å². The highest BCUT2D eigenvalue weighted by molar-refractivity contribution is 7.89. The Balaban J connectivity index is 1.36. The van der Waals surface area contributed by atoms with Gasteiger partial charge in [0.25, 0.3) is 0 Å². The molecule has 2 fully saturated rings. The van der Waals surface area contributed by atoms with E-state index < -0.39 is 10.0 Å². The number of nitrogens with zero attached hydrogens (tertiary/aromatic N) is 1. The smallest absolute Gasteiger partial charge is 0.243 e. The van der Waals surface area contributed by atoms with Crippen LogP contribution in [0.25, 0.3) is 0 Å². The first-order chi connectivity index (χ1) is 11.6. The molecule has 0 radical (unpaired) electrons. The SMILES string of the molecule is O=S(=O)(c1ccc(CN[C@H]2C[C@@H]3CC=C[C@@H]32)cc1)N1CCOCC1. The lowest BCUT2D eigenvalue weighted by Crippen LogP contribution is -2.47. The third-order valence-electron chi connectivity index (χ3n) is 5.46. The maximum atomic E-state index is 12.6. The van der Waals surface area contributed by atoms with E-state index in [2.05, 4.69) is 17.5 Å². The van der Waals surface area contributed by atoms with Crippen molar-refractivity contribution >= 4 is 10.0 Å². The van der Waals surface area contributed by atoms with Gasteiger partial charge in [0.05, 0.1) is 18.1 Å². The third kappa shape index (κ3) is 3.04. The molecule has 1 aromatic carbocycles. The van der Waals surface area contributed by atoms with Crippen molar-refractivity contribution < 1.29 is 13.2 Å². The Kier molecular flexibility index (Phi) is 4.47. The molecule has 130 valence electrons. The largest absolute Gasteiger partial charge is 0.379 e. The van der Waals surface area contributed by atoms with Gasteiger partial charge in [-0.2, -0.15) is 4.31 Å². The van der Waals surface area contributed by atoms with Gasteiger partial charge in [0.2, 0.25) is 10.0 Å². The molecule has 1 saturated carbocycles. The van der Waals surface area contributed by atoms with Gasteiger partial charge in [-0.05, 0) is 42.4 Å². The Morgan fingerprint density at radius 1 is 1.17 bits per heavy atom. The second kappa shape index (κ2) is 6.59. The van der Waals surface area contributed by atoms with Crippen molar-refractivity contribution in [2.45, 2.75) is 30.3 Å². The van der Waals surface area contributed by atoms with E-state index >= 15 is 0 Å². The summed E-state index contributed by atoms with van der Waals surface area (Å²) in [4.78, 5) is 0.371. The fourth-order valence-corrected chi connectivity index (χ4v) is 5.32. The minimum atomic E-state index is -3.39. The number of sulfonamides is 1. The van der Waals surface area contributed by atoms with Gasteiger partial charge in [0.1, 0.15) is 0 Å². The normalized spacial score (nSPS) is 30.1. The summed E-state index contributed by atoms with van der Waals surface area (Å²) in [5.74, 6) is 1.55. The molecule has 3 atom stereocenters. The van der Waals surface area contributed by atoms with E-state index in [1.54, 1.807) is 12.1 Å². The van der Waals surface area contributed by atoms with Gasteiger partial charge in [-0.1, -0.05) is 24.3 Å². The monoisotopic (exact) mass is 348 g/mol. The molecule has 0 bridgehead atoms. The fourth-order valence-electron chi connectivity index (χ4n) is 3.91. The van der Waals surface area contributed by atoms with Crippen molar-refractivity contribution in [3.05, 3.63) is 42.0 Å². The number of rotatable bonds is 5. The molecule has 1 N–H and O–H groups in total. The van der Waals surface area contributed by atoms with Crippen LogP contribution < -0.4 is 5.32 Å². The number of hydrogen-bond acceptors (Lipinski definition) is 4. The van der Waals surface area contributed by atoms with E-state index in [4.69, 9.17) is 4.74 Å². The summed E-state index contributed by atoms with van der Waals surface area (Å²) in [6, 6.07) is 7.86. The number of morpholine rings is 1. The second-order valence-electron chi connectivity index (χ2n) is 6.88. The summed E-state index contributed by atoms with van der Waals surface area (Å²) in [5, 5.41) is 3.60. The molecule has 0 amide bonds. The Hall–Kier alpha value is -1.21. The maximum Gasteiger partial charge on any atom is 0.243 e. The highest BCUT2D eigenvalue weighted by Crippen LogP contribution is 2.42. The van der Waals surface area contributed by atoms with Gasteiger partial charge in [0, 0.05) is 25.7 Å². The van der Waals surface area contributed by atoms with Crippen LogP contribution in [0.15, 0.2) is 41.3 Å². The number of benzene rings is 1. The summed E-state index contributed by atoms with van der Waals surface area (Å²) in [6.45, 7) is 2.60. The molecule has 1 saturated heterocycles. The van der Waals surface area contributed by atoms with E-state index in [0.29, 0.717) is 43.2 Å². The van der Waals surface area contributed by atoms with Gasteiger partial charge in [-0.25, -0.2) is 8.42 Å². The van der Waals surface area contributed by atoms with Crippen LogP contribution in [0.2, 0.25) is 0 Å². The minimum absolute atomic E-state index is 0.371. The van der Waals surface area contributed by atoms with Crippen LogP contribution in [0.4, 0.5) is 0 Å². The molecule has 5 nitrogen and oxygen atoms in total. The molecule has 6 heteroatoms. The van der Waals surface area contributed by atoms with E-state index in [1.165, 1.54) is 17.1 Å². The standard InChI is InChI=1S/C18H24N2O3S/c21-24(22,20-8-10-23-11-9-20)16-6-4-14(5-7-16)13-19-18-12-15-2-1-3-17(15)18/h1,3-7,15,17-19H,2,8-13H2/t15-,17-,18-/m0/s1.